The van der Waals surface area contributed by atoms with Crippen molar-refractivity contribution in [1.29, 1.82) is 0 Å². The van der Waals surface area contributed by atoms with Gasteiger partial charge in [-0.2, -0.15) is 0 Å². The zero-order valence-corrected chi connectivity index (χ0v) is 18.8. The van der Waals surface area contributed by atoms with Gasteiger partial charge in [0.15, 0.2) is 17.5 Å². The molecule has 1 aliphatic heterocycles. The van der Waals surface area contributed by atoms with Crippen molar-refractivity contribution in [3.63, 3.8) is 0 Å². The van der Waals surface area contributed by atoms with Crippen molar-refractivity contribution >= 4 is 62.3 Å². The smallest absolute Gasteiger partial charge is 0.288 e. The van der Waals surface area contributed by atoms with E-state index in [1.165, 1.54) is 21.3 Å². The van der Waals surface area contributed by atoms with Crippen LogP contribution in [0.1, 0.15) is 5.56 Å². The number of benzene rings is 2. The Hall–Kier alpha value is -3.24. The molecule has 0 radical (unpaired) electrons. The van der Waals surface area contributed by atoms with Gasteiger partial charge in [-0.1, -0.05) is 62.7 Å². The summed E-state index contributed by atoms with van der Waals surface area (Å²) in [6.07, 6.45) is 3.28. The molecule has 0 saturated carbocycles. The Morgan fingerprint density at radius 2 is 1.97 bits per heavy atom. The van der Waals surface area contributed by atoms with Crippen LogP contribution in [0.5, 0.6) is 0 Å². The maximum Gasteiger partial charge on any atom is 0.302 e. The Morgan fingerprint density at radius 1 is 1.23 bits per heavy atom. The molecule has 31 heavy (non-hydrogen) atoms. The normalized spacial score (nSPS) is 14.8. The first-order chi connectivity index (χ1) is 15.0. The fraction of sp³-hybridized carbons (Fsp3) is 0.0952. The second-order valence-corrected chi connectivity index (χ2v) is 8.39. The molecule has 1 N–H and O–H groups in total. The highest BCUT2D eigenvalue weighted by atomic mass is 79.9. The van der Waals surface area contributed by atoms with Crippen molar-refractivity contribution in [2.75, 3.05) is 16.0 Å². The molecule has 0 bridgehead atoms. The number of amides is 2. The number of carbonyl (C=O) groups is 2. The number of amidine groups is 1. The van der Waals surface area contributed by atoms with Gasteiger partial charge in [0.05, 0.1) is 11.4 Å². The number of para-hydroxylation sites is 1. The van der Waals surface area contributed by atoms with Gasteiger partial charge in [-0.3, -0.25) is 24.3 Å². The summed E-state index contributed by atoms with van der Waals surface area (Å²) in [6.45, 7) is 0. The van der Waals surface area contributed by atoms with Gasteiger partial charge in [0.1, 0.15) is 5.70 Å². The Kier molecular flexibility index (Phi) is 6.28. The van der Waals surface area contributed by atoms with Crippen LogP contribution < -0.4 is 14.9 Å². The van der Waals surface area contributed by atoms with Crippen molar-refractivity contribution in [2.24, 2.45) is 12.0 Å². The maximum absolute atomic E-state index is 13.1. The van der Waals surface area contributed by atoms with Gasteiger partial charge >= 0.3 is 5.88 Å². The molecular formula is C21H17BrN5O3S+. The molecule has 8 nitrogen and oxygen atoms in total. The van der Waals surface area contributed by atoms with Crippen LogP contribution in [0.3, 0.4) is 0 Å². The van der Waals surface area contributed by atoms with E-state index in [1.807, 2.05) is 54.6 Å². The van der Waals surface area contributed by atoms with Gasteiger partial charge in [-0.25, -0.2) is 4.99 Å². The number of thioether (sulfide) groups is 1. The molecule has 156 valence electrons. The quantitative estimate of drug-likeness (QED) is 0.430. The number of aryl methyl sites for hydroxylation is 1. The Labute approximate surface area is 190 Å². The van der Waals surface area contributed by atoms with Crippen LogP contribution in [-0.4, -0.2) is 28.0 Å². The summed E-state index contributed by atoms with van der Waals surface area (Å²) < 4.78 is 7.36. The van der Waals surface area contributed by atoms with Gasteiger partial charge in [0, 0.05) is 4.47 Å². The minimum absolute atomic E-state index is 0.0470. The average Bonchev–Trinajstić information content (AvgIpc) is 3.31. The van der Waals surface area contributed by atoms with E-state index in [-0.39, 0.29) is 23.5 Å². The first kappa shape index (κ1) is 21.0. The van der Waals surface area contributed by atoms with Gasteiger partial charge in [0.25, 0.3) is 12.1 Å². The number of halogens is 1. The maximum atomic E-state index is 13.1. The monoisotopic (exact) mass is 498 g/mol. The molecule has 10 heteroatoms. The van der Waals surface area contributed by atoms with Crippen LogP contribution in [0, 0.1) is 0 Å². The van der Waals surface area contributed by atoms with E-state index < -0.39 is 0 Å². The van der Waals surface area contributed by atoms with E-state index in [4.69, 9.17) is 4.52 Å². The van der Waals surface area contributed by atoms with Crippen LogP contribution in [0.4, 0.5) is 11.6 Å². The highest BCUT2D eigenvalue weighted by Crippen LogP contribution is 2.29. The van der Waals surface area contributed by atoms with Crippen LogP contribution in [0.2, 0.25) is 0 Å². The number of aliphatic imine (C=N–C) groups is 1. The summed E-state index contributed by atoms with van der Waals surface area (Å²) in [6, 6.07) is 16.8. The molecule has 2 aromatic carbocycles. The summed E-state index contributed by atoms with van der Waals surface area (Å²) in [5.41, 5.74) is 1.84. The van der Waals surface area contributed by atoms with Gasteiger partial charge in [-0.15, -0.1) is 0 Å². The molecule has 2 amide bonds. The summed E-state index contributed by atoms with van der Waals surface area (Å²) in [5.74, 6) is -0.256. The number of nitrogens with one attached hydrogen (secondary N) is 1. The fourth-order valence-corrected chi connectivity index (χ4v) is 3.88. The molecule has 0 aliphatic carbocycles. The molecule has 0 spiro atoms. The highest BCUT2D eigenvalue weighted by Gasteiger charge is 2.32. The summed E-state index contributed by atoms with van der Waals surface area (Å²) in [4.78, 5) is 31.4. The summed E-state index contributed by atoms with van der Waals surface area (Å²) >= 11 is 4.57. The van der Waals surface area contributed by atoms with E-state index in [9.17, 15) is 9.59 Å². The first-order valence-corrected chi connectivity index (χ1v) is 11.0. The SMILES string of the molecule is C[n+]1cc(NC(=O)CSC2=N/C(=C/c3ccc(Br)cc3)C(=O)N2c2ccccc2)on1. The number of aromatic nitrogens is 2. The van der Waals surface area contributed by atoms with E-state index in [0.29, 0.717) is 16.6 Å². The van der Waals surface area contributed by atoms with Crippen molar-refractivity contribution in [3.05, 3.63) is 76.5 Å². The van der Waals surface area contributed by atoms with E-state index in [0.717, 1.165) is 10.0 Å². The van der Waals surface area contributed by atoms with Crippen LogP contribution in [0.25, 0.3) is 6.08 Å². The zero-order valence-electron chi connectivity index (χ0n) is 16.4. The molecule has 0 unspecified atom stereocenters. The van der Waals surface area contributed by atoms with Crippen molar-refractivity contribution in [1.82, 2.24) is 5.27 Å². The minimum atomic E-state index is -0.296. The third-order valence-electron chi connectivity index (χ3n) is 4.18. The first-order valence-electron chi connectivity index (χ1n) is 9.20. The molecule has 0 fully saturated rings. The number of anilines is 2. The molecular weight excluding hydrogens is 482 g/mol. The summed E-state index contributed by atoms with van der Waals surface area (Å²) in [5, 5.41) is 6.71. The topological polar surface area (TPSA) is 91.7 Å². The largest absolute Gasteiger partial charge is 0.302 e. The number of hydrogen-bond acceptors (Lipinski definition) is 6. The second kappa shape index (κ2) is 9.27. The Balaban J connectivity index is 1.55. The van der Waals surface area contributed by atoms with Crippen LogP contribution in [0.15, 0.2) is 80.5 Å². The second-order valence-electron chi connectivity index (χ2n) is 6.53. The lowest BCUT2D eigenvalue weighted by Crippen LogP contribution is -2.31. The number of nitrogens with zero attached hydrogens (tertiary/aromatic N) is 4. The Bertz CT molecular complexity index is 1180. The average molecular weight is 499 g/mol. The highest BCUT2D eigenvalue weighted by molar-refractivity contribution is 9.10. The molecule has 1 aromatic heterocycles. The van der Waals surface area contributed by atoms with Gasteiger partial charge in [-0.05, 0) is 35.9 Å². The lowest BCUT2D eigenvalue weighted by Gasteiger charge is -2.17. The van der Waals surface area contributed by atoms with Crippen LogP contribution >= 0.6 is 27.7 Å². The number of hydrogen-bond donors (Lipinski definition) is 1. The molecule has 1 aliphatic rings. The standard InChI is InChI=1S/C21H16BrN5O3S/c1-26-12-19(30-25-26)24-18(28)13-31-21-23-17(11-14-7-9-15(22)10-8-14)20(29)27(21)16-5-3-2-4-6-16/h2-12H,13H2,1H3/p+1/b17-11+. The van der Waals surface area contributed by atoms with Crippen molar-refractivity contribution in [2.45, 2.75) is 0 Å². The predicted molar refractivity (Wildman–Crippen MR) is 122 cm³/mol. The third kappa shape index (κ3) is 5.09. The third-order valence-corrected chi connectivity index (χ3v) is 5.65. The van der Waals surface area contributed by atoms with Gasteiger partial charge in [0.2, 0.25) is 5.91 Å². The van der Waals surface area contributed by atoms with Crippen molar-refractivity contribution in [3.8, 4) is 0 Å². The van der Waals surface area contributed by atoms with E-state index in [1.54, 1.807) is 19.3 Å². The zero-order chi connectivity index (χ0) is 21.8. The number of rotatable bonds is 5. The summed E-state index contributed by atoms with van der Waals surface area (Å²) in [7, 11) is 1.68. The lowest BCUT2D eigenvalue weighted by molar-refractivity contribution is -0.739. The van der Waals surface area contributed by atoms with Gasteiger partial charge < -0.3 is 0 Å². The van der Waals surface area contributed by atoms with E-state index >= 15 is 0 Å². The molecule has 2 heterocycles. The molecule has 0 saturated heterocycles. The van der Waals surface area contributed by atoms with Crippen molar-refractivity contribution < 1.29 is 18.8 Å². The van der Waals surface area contributed by atoms with E-state index in [2.05, 4.69) is 31.5 Å². The lowest BCUT2D eigenvalue weighted by atomic mass is 10.2. The minimum Gasteiger partial charge on any atom is -0.288 e. The number of carbonyl (C=O) groups excluding carboxylic acids is 2. The predicted octanol–water partition coefficient (Wildman–Crippen LogP) is 3.38. The fourth-order valence-electron chi connectivity index (χ4n) is 2.80. The molecule has 4 rings (SSSR count). The molecule has 3 aromatic rings. The Morgan fingerprint density at radius 3 is 2.65 bits per heavy atom. The molecule has 0 atom stereocenters. The van der Waals surface area contributed by atoms with Crippen LogP contribution in [-0.2, 0) is 16.6 Å².